The molecule has 2 aromatic rings. The minimum Gasteiger partial charge on any atom is -0.504 e. The van der Waals surface area contributed by atoms with Crippen LogP contribution in [0.4, 0.5) is 0 Å². The van der Waals surface area contributed by atoms with E-state index in [1.165, 1.54) is 75.3 Å². The fourth-order valence-electron chi connectivity index (χ4n) is 1.56. The zero-order chi connectivity index (χ0) is 22.9. The Bertz CT molecular complexity index is 946. The van der Waals surface area contributed by atoms with E-state index < -0.39 is 0 Å². The van der Waals surface area contributed by atoms with Gasteiger partial charge in [0.1, 0.15) is 5.78 Å². The van der Waals surface area contributed by atoms with E-state index in [0.29, 0.717) is 0 Å². The number of benzene rings is 2. The summed E-state index contributed by atoms with van der Waals surface area (Å²) in [4.78, 5) is 9.44. The van der Waals surface area contributed by atoms with Crippen molar-refractivity contribution in [3.63, 3.8) is 0 Å². The van der Waals surface area contributed by atoms with Crippen LogP contribution in [0.15, 0.2) is 36.4 Å². The highest BCUT2D eigenvalue weighted by molar-refractivity contribution is 5.72. The minimum atomic E-state index is -0.255. The lowest BCUT2D eigenvalue weighted by atomic mass is 10.3. The van der Waals surface area contributed by atoms with Crippen LogP contribution in [0, 0.1) is 46.1 Å². The highest BCUT2D eigenvalue weighted by Crippen LogP contribution is 2.36. The van der Waals surface area contributed by atoms with E-state index in [1.807, 2.05) is 0 Å². The molecule has 0 atom stereocenters. The van der Waals surface area contributed by atoms with Gasteiger partial charge in [-0.25, -0.2) is 0 Å². The Morgan fingerprint density at radius 2 is 1.00 bits per heavy atom. The summed E-state index contributed by atoms with van der Waals surface area (Å²) in [7, 11) is 0. The summed E-state index contributed by atoms with van der Waals surface area (Å²) in [6.45, 7) is 3.06. The number of aromatic hydroxyl groups is 2. The standard InChI is InChI=1S/2C8H4N2O3.C3H6O/c2*9-4-12-7-3-1-2-6(11)8(7)13-5-10;1-3(2)4/h2*1-3,11H;1-2H3. The summed E-state index contributed by atoms with van der Waals surface area (Å²) in [6, 6.07) is 8.36. The van der Waals surface area contributed by atoms with Crippen molar-refractivity contribution in [2.24, 2.45) is 0 Å². The molecular weight excluding hydrogens is 396 g/mol. The van der Waals surface area contributed by atoms with E-state index in [1.54, 1.807) is 0 Å². The zero-order valence-corrected chi connectivity index (χ0v) is 15.7. The van der Waals surface area contributed by atoms with E-state index in [4.69, 9.17) is 21.0 Å². The number of hydrogen-bond acceptors (Lipinski definition) is 11. The first-order valence-corrected chi connectivity index (χ1v) is 7.67. The fraction of sp³-hybridized carbons (Fsp3) is 0.105. The third kappa shape index (κ3) is 9.00. The fourth-order valence-corrected chi connectivity index (χ4v) is 1.56. The Morgan fingerprint density at radius 1 is 0.700 bits per heavy atom. The second-order valence-electron chi connectivity index (χ2n) is 4.89. The molecular formula is C19H14N4O7. The van der Waals surface area contributed by atoms with Gasteiger partial charge in [-0.05, 0) is 38.1 Å². The van der Waals surface area contributed by atoms with Gasteiger partial charge in [-0.15, -0.1) is 21.0 Å². The summed E-state index contributed by atoms with van der Waals surface area (Å²) in [5.41, 5.74) is 0. The number of ether oxygens (including phenoxy) is 4. The monoisotopic (exact) mass is 410 g/mol. The largest absolute Gasteiger partial charge is 0.504 e. The summed E-state index contributed by atoms with van der Waals surface area (Å²) in [5, 5.41) is 51.2. The minimum absolute atomic E-state index is 0.00375. The van der Waals surface area contributed by atoms with Crippen LogP contribution in [-0.4, -0.2) is 16.0 Å². The number of nitriles is 4. The van der Waals surface area contributed by atoms with Crippen LogP contribution in [0.25, 0.3) is 0 Å². The lowest BCUT2D eigenvalue weighted by Gasteiger charge is -2.03. The number of phenols is 2. The van der Waals surface area contributed by atoms with Crippen LogP contribution in [0.3, 0.4) is 0 Å². The van der Waals surface area contributed by atoms with Crippen LogP contribution in [0.1, 0.15) is 13.8 Å². The molecule has 0 amide bonds. The molecule has 0 spiro atoms. The SMILES string of the molecule is CC(C)=O.N#COc1cccc(O)c1OC#N.N#COc1cccc(O)c1OC#N. The molecule has 2 N–H and O–H groups in total. The average Bonchev–Trinajstić information content (AvgIpc) is 2.68. The first-order chi connectivity index (χ1) is 14.3. The zero-order valence-electron chi connectivity index (χ0n) is 15.7. The van der Waals surface area contributed by atoms with Gasteiger partial charge in [0.15, 0.2) is 23.0 Å². The van der Waals surface area contributed by atoms with E-state index in [2.05, 4.69) is 18.9 Å². The maximum atomic E-state index is 9.44. The molecule has 0 saturated heterocycles. The lowest BCUT2D eigenvalue weighted by Crippen LogP contribution is -1.89. The Kier molecular flexibility index (Phi) is 11.6. The highest BCUT2D eigenvalue weighted by Gasteiger charge is 2.11. The van der Waals surface area contributed by atoms with Gasteiger partial charge >= 0.3 is 0 Å². The Balaban J connectivity index is 0.000000477. The summed E-state index contributed by atoms with van der Waals surface area (Å²) in [5.74, 6) is -0.658. The topological polar surface area (TPSA) is 190 Å². The summed E-state index contributed by atoms with van der Waals surface area (Å²) >= 11 is 0. The van der Waals surface area contributed by atoms with E-state index in [0.717, 1.165) is 0 Å². The number of Topliss-reactive ketones (excluding diaryl/α,β-unsaturated/α-hetero) is 1. The maximum absolute atomic E-state index is 9.44. The molecule has 0 aliphatic heterocycles. The molecule has 0 fully saturated rings. The van der Waals surface area contributed by atoms with Crippen molar-refractivity contribution >= 4 is 5.78 Å². The van der Waals surface area contributed by atoms with Gasteiger partial charge in [-0.3, -0.25) is 0 Å². The average molecular weight is 410 g/mol. The van der Waals surface area contributed by atoms with E-state index in [9.17, 15) is 15.0 Å². The smallest absolute Gasteiger partial charge is 0.292 e. The summed E-state index contributed by atoms with van der Waals surface area (Å²) < 4.78 is 17.7. The van der Waals surface area contributed by atoms with Gasteiger partial charge < -0.3 is 34.0 Å². The first kappa shape index (κ1) is 24.9. The molecule has 152 valence electrons. The third-order valence-electron chi connectivity index (χ3n) is 2.52. The lowest BCUT2D eigenvalue weighted by molar-refractivity contribution is -0.115. The molecule has 0 unspecified atom stereocenters. The molecule has 11 nitrogen and oxygen atoms in total. The van der Waals surface area contributed by atoms with Crippen LogP contribution in [0.2, 0.25) is 0 Å². The van der Waals surface area contributed by atoms with Crippen molar-refractivity contribution in [2.75, 3.05) is 0 Å². The van der Waals surface area contributed by atoms with Crippen molar-refractivity contribution in [3.8, 4) is 59.5 Å². The van der Waals surface area contributed by atoms with Gasteiger partial charge in [-0.2, -0.15) is 0 Å². The molecule has 0 bridgehead atoms. The van der Waals surface area contributed by atoms with E-state index >= 15 is 0 Å². The molecule has 0 aromatic heterocycles. The maximum Gasteiger partial charge on any atom is 0.292 e. The Hall–Kier alpha value is -5.13. The molecule has 2 rings (SSSR count). The second-order valence-corrected chi connectivity index (χ2v) is 4.89. The number of ketones is 1. The van der Waals surface area contributed by atoms with Gasteiger partial charge in [0.2, 0.25) is 11.5 Å². The quantitative estimate of drug-likeness (QED) is 0.704. The van der Waals surface area contributed by atoms with Crippen LogP contribution < -0.4 is 18.9 Å². The molecule has 2 aromatic carbocycles. The van der Waals surface area contributed by atoms with Crippen molar-refractivity contribution in [3.05, 3.63) is 36.4 Å². The van der Waals surface area contributed by atoms with Gasteiger partial charge in [0.25, 0.3) is 25.0 Å². The molecule has 0 aliphatic carbocycles. The van der Waals surface area contributed by atoms with Crippen LogP contribution >= 0.6 is 0 Å². The van der Waals surface area contributed by atoms with E-state index in [-0.39, 0.29) is 40.3 Å². The Labute approximate surface area is 171 Å². The second kappa shape index (κ2) is 14.0. The predicted octanol–water partition coefficient (Wildman–Crippen LogP) is 2.82. The number of hydrogen-bond donors (Lipinski definition) is 2. The van der Waals surface area contributed by atoms with Gasteiger partial charge in [0.05, 0.1) is 0 Å². The van der Waals surface area contributed by atoms with Crippen molar-refractivity contribution in [1.82, 2.24) is 0 Å². The number of carbonyl (C=O) groups excluding carboxylic acids is 1. The molecule has 0 radical (unpaired) electrons. The molecule has 0 heterocycles. The van der Waals surface area contributed by atoms with Crippen LogP contribution in [-0.2, 0) is 4.79 Å². The van der Waals surface area contributed by atoms with Crippen molar-refractivity contribution in [1.29, 1.82) is 21.0 Å². The number of rotatable bonds is 4. The molecule has 11 heteroatoms. The van der Waals surface area contributed by atoms with Crippen molar-refractivity contribution < 1.29 is 34.0 Å². The molecule has 30 heavy (non-hydrogen) atoms. The van der Waals surface area contributed by atoms with Gasteiger partial charge in [-0.1, -0.05) is 12.1 Å². The molecule has 0 aliphatic rings. The number of para-hydroxylation sites is 2. The van der Waals surface area contributed by atoms with Crippen molar-refractivity contribution in [2.45, 2.75) is 13.8 Å². The van der Waals surface area contributed by atoms with Gasteiger partial charge in [0, 0.05) is 0 Å². The number of carbonyl (C=O) groups is 1. The number of phenolic OH excluding ortho intramolecular Hbond substituents is 2. The first-order valence-electron chi connectivity index (χ1n) is 7.67. The summed E-state index contributed by atoms with van der Waals surface area (Å²) in [6.07, 6.45) is 5.57. The predicted molar refractivity (Wildman–Crippen MR) is 97.5 cm³/mol. The molecule has 0 saturated carbocycles. The Morgan fingerprint density at radius 3 is 1.27 bits per heavy atom. The van der Waals surface area contributed by atoms with Crippen LogP contribution in [0.5, 0.6) is 34.5 Å². The normalized spacial score (nSPS) is 7.93. The number of nitrogens with zero attached hydrogens (tertiary/aromatic N) is 4. The third-order valence-corrected chi connectivity index (χ3v) is 2.52. The highest BCUT2D eigenvalue weighted by atomic mass is 16.5.